The van der Waals surface area contributed by atoms with Crippen LogP contribution in [0.3, 0.4) is 0 Å². The second-order valence-electron chi connectivity index (χ2n) is 7.94. The summed E-state index contributed by atoms with van der Waals surface area (Å²) in [6.07, 6.45) is 4.45. The fourth-order valence-corrected chi connectivity index (χ4v) is 3.85. The number of rotatable bonds is 4. The Kier molecular flexibility index (Phi) is 6.51. The first kappa shape index (κ1) is 22.0. The van der Waals surface area contributed by atoms with Gasteiger partial charge in [0, 0.05) is 25.6 Å². The van der Waals surface area contributed by atoms with E-state index in [0.29, 0.717) is 25.9 Å². The van der Waals surface area contributed by atoms with Crippen molar-refractivity contribution < 1.29 is 35.3 Å². The van der Waals surface area contributed by atoms with E-state index in [2.05, 4.69) is 9.08 Å². The van der Waals surface area contributed by atoms with Crippen LogP contribution in [0.25, 0.3) is 0 Å². The molecule has 10 heteroatoms. The first-order valence-electron chi connectivity index (χ1n) is 8.95. The van der Waals surface area contributed by atoms with Gasteiger partial charge in [0.25, 0.3) is 0 Å². The molecule has 0 radical (unpaired) electrons. The van der Waals surface area contributed by atoms with Gasteiger partial charge in [0.2, 0.25) is 0 Å². The Hall–Kier alpha value is -1.29. The number of ether oxygens (including phenoxy) is 1. The Morgan fingerprint density at radius 2 is 1.74 bits per heavy atom. The minimum atomic E-state index is -5.61. The molecule has 1 heterocycles. The van der Waals surface area contributed by atoms with Crippen LogP contribution in [0.1, 0.15) is 52.9 Å². The number of nitrogens with zero attached hydrogens (tertiary/aromatic N) is 1. The molecule has 2 rings (SSSR count). The van der Waals surface area contributed by atoms with E-state index in [4.69, 9.17) is 4.74 Å². The lowest BCUT2D eigenvalue weighted by molar-refractivity contribution is -0.161. The highest BCUT2D eigenvalue weighted by Gasteiger charge is 2.49. The van der Waals surface area contributed by atoms with Crippen LogP contribution in [0.2, 0.25) is 0 Å². The third-order valence-corrected chi connectivity index (χ3v) is 5.65. The predicted octanol–water partition coefficient (Wildman–Crippen LogP) is 3.34. The highest BCUT2D eigenvalue weighted by atomic mass is 32.2. The molecule has 27 heavy (non-hydrogen) atoms. The predicted molar refractivity (Wildman–Crippen MR) is 91.9 cm³/mol. The lowest BCUT2D eigenvalue weighted by Gasteiger charge is -2.38. The second-order valence-corrected chi connectivity index (χ2v) is 9.48. The van der Waals surface area contributed by atoms with Gasteiger partial charge in [0.05, 0.1) is 5.92 Å². The smallest absolute Gasteiger partial charge is 0.460 e. The zero-order valence-electron chi connectivity index (χ0n) is 15.7. The summed E-state index contributed by atoms with van der Waals surface area (Å²) in [6, 6.07) is 0.209. The largest absolute Gasteiger partial charge is 0.534 e. The minimum Gasteiger partial charge on any atom is -0.460 e. The molecule has 0 aromatic heterocycles. The van der Waals surface area contributed by atoms with Crippen LogP contribution in [-0.4, -0.2) is 49.5 Å². The number of hydrogen-bond acceptors (Lipinski definition) is 6. The van der Waals surface area contributed by atoms with Gasteiger partial charge < -0.3 is 8.92 Å². The van der Waals surface area contributed by atoms with Crippen molar-refractivity contribution in [1.29, 1.82) is 0 Å². The summed E-state index contributed by atoms with van der Waals surface area (Å²) in [5.41, 5.74) is -5.94. The first-order valence-corrected chi connectivity index (χ1v) is 10.4. The molecule has 0 atom stereocenters. The van der Waals surface area contributed by atoms with E-state index in [-0.39, 0.29) is 30.1 Å². The highest BCUT2D eigenvalue weighted by Crippen LogP contribution is 2.32. The van der Waals surface area contributed by atoms with Gasteiger partial charge in [-0.1, -0.05) is 0 Å². The van der Waals surface area contributed by atoms with Crippen LogP contribution in [0, 0.1) is 5.92 Å². The van der Waals surface area contributed by atoms with E-state index in [1.807, 2.05) is 20.8 Å². The number of halogens is 3. The number of carbonyl (C=O) groups excluding carboxylic acids is 1. The standard InChI is InChI=1S/C17H26F3NO5S/c1-16(2,3)25-15(22)12-4-6-13(7-5-12)21-10-8-14(9-11-21)26-27(23,24)17(18,19)20/h8,12-13H,4-7,9-11H2,1-3H3/t12-,13-. The topological polar surface area (TPSA) is 72.9 Å². The summed E-state index contributed by atoms with van der Waals surface area (Å²) < 4.78 is 68.8. The Morgan fingerprint density at radius 3 is 2.19 bits per heavy atom. The molecule has 0 bridgehead atoms. The van der Waals surface area contributed by atoms with Gasteiger partial charge in [-0.3, -0.25) is 9.69 Å². The van der Waals surface area contributed by atoms with Gasteiger partial charge in [-0.05, 0) is 52.5 Å². The summed E-state index contributed by atoms with van der Waals surface area (Å²) in [4.78, 5) is 14.2. The van der Waals surface area contributed by atoms with Crippen molar-refractivity contribution in [2.24, 2.45) is 5.92 Å². The number of carbonyl (C=O) groups is 1. The van der Waals surface area contributed by atoms with E-state index >= 15 is 0 Å². The van der Waals surface area contributed by atoms with Crippen molar-refractivity contribution in [2.45, 2.75) is 70.0 Å². The summed E-state index contributed by atoms with van der Waals surface area (Å²) in [7, 11) is -5.61. The average molecular weight is 413 g/mol. The van der Waals surface area contributed by atoms with Gasteiger partial charge in [-0.25, -0.2) is 0 Å². The van der Waals surface area contributed by atoms with Gasteiger partial charge in [-0.15, -0.1) is 0 Å². The van der Waals surface area contributed by atoms with Crippen molar-refractivity contribution in [1.82, 2.24) is 4.90 Å². The Bertz CT molecular complexity index is 674. The van der Waals surface area contributed by atoms with Crippen LogP contribution in [0.4, 0.5) is 13.2 Å². The quantitative estimate of drug-likeness (QED) is 0.400. The fraction of sp³-hybridized carbons (Fsp3) is 0.824. The molecule has 0 aromatic rings. The molecule has 0 aromatic carbocycles. The maximum atomic E-state index is 12.4. The Labute approximate surface area is 157 Å². The summed E-state index contributed by atoms with van der Waals surface area (Å²) in [5, 5.41) is 0. The lowest BCUT2D eigenvalue weighted by Crippen LogP contribution is -2.42. The fourth-order valence-electron chi connectivity index (χ4n) is 3.32. The molecule has 0 N–H and O–H groups in total. The van der Waals surface area contributed by atoms with E-state index in [1.54, 1.807) is 0 Å². The van der Waals surface area contributed by atoms with Gasteiger partial charge in [-0.2, -0.15) is 21.6 Å². The van der Waals surface area contributed by atoms with Crippen LogP contribution >= 0.6 is 0 Å². The molecule has 0 amide bonds. The first-order chi connectivity index (χ1) is 12.3. The van der Waals surface area contributed by atoms with E-state index in [9.17, 15) is 26.4 Å². The molecule has 1 fully saturated rings. The van der Waals surface area contributed by atoms with Crippen molar-refractivity contribution in [3.63, 3.8) is 0 Å². The number of hydrogen-bond donors (Lipinski definition) is 0. The maximum Gasteiger partial charge on any atom is 0.534 e. The van der Waals surface area contributed by atoms with Crippen LogP contribution in [-0.2, 0) is 23.8 Å². The molecule has 6 nitrogen and oxygen atoms in total. The third kappa shape index (κ3) is 6.10. The second kappa shape index (κ2) is 7.98. The Morgan fingerprint density at radius 1 is 1.15 bits per heavy atom. The van der Waals surface area contributed by atoms with Gasteiger partial charge >= 0.3 is 21.6 Å². The van der Waals surface area contributed by atoms with E-state index in [1.165, 1.54) is 6.08 Å². The molecule has 2 aliphatic rings. The van der Waals surface area contributed by atoms with Gasteiger partial charge in [0.15, 0.2) is 0 Å². The number of esters is 1. The van der Waals surface area contributed by atoms with Gasteiger partial charge in [0.1, 0.15) is 11.4 Å². The molecule has 156 valence electrons. The molecule has 0 saturated heterocycles. The van der Waals surface area contributed by atoms with E-state index < -0.39 is 21.2 Å². The monoisotopic (exact) mass is 413 g/mol. The lowest BCUT2D eigenvalue weighted by atomic mass is 9.85. The third-order valence-electron chi connectivity index (χ3n) is 4.65. The van der Waals surface area contributed by atoms with Crippen molar-refractivity contribution in [2.75, 3.05) is 13.1 Å². The van der Waals surface area contributed by atoms with E-state index in [0.717, 1.165) is 12.8 Å². The molecule has 1 saturated carbocycles. The average Bonchev–Trinajstić information content (AvgIpc) is 2.53. The summed E-state index contributed by atoms with van der Waals surface area (Å²) >= 11 is 0. The Balaban J connectivity index is 1.84. The molecular weight excluding hydrogens is 387 g/mol. The van der Waals surface area contributed by atoms with Crippen LogP contribution in [0.15, 0.2) is 11.8 Å². The highest BCUT2D eigenvalue weighted by molar-refractivity contribution is 7.87. The zero-order valence-corrected chi connectivity index (χ0v) is 16.5. The minimum absolute atomic E-state index is 0.0985. The summed E-state index contributed by atoms with van der Waals surface area (Å²) in [6.45, 7) is 6.23. The SMILES string of the molecule is CC(C)(C)OC(=O)[C@H]1CC[C@H](N2CC=C(OS(=O)(=O)C(F)(F)F)CC2)CC1. The molecule has 0 unspecified atom stereocenters. The van der Waals surface area contributed by atoms with Crippen LogP contribution in [0.5, 0.6) is 0 Å². The van der Waals surface area contributed by atoms with Crippen molar-refractivity contribution >= 4 is 16.1 Å². The number of alkyl halides is 3. The zero-order chi connectivity index (χ0) is 20.5. The summed E-state index contributed by atoms with van der Waals surface area (Å²) in [5.74, 6) is -0.491. The molecular formula is C17H26F3NO5S. The van der Waals surface area contributed by atoms with Crippen LogP contribution < -0.4 is 0 Å². The van der Waals surface area contributed by atoms with Crippen molar-refractivity contribution in [3.8, 4) is 0 Å². The molecule has 1 aliphatic carbocycles. The normalized spacial score (nSPS) is 25.6. The maximum absolute atomic E-state index is 12.4. The molecule has 1 aliphatic heterocycles. The molecule has 0 spiro atoms. The van der Waals surface area contributed by atoms with Crippen molar-refractivity contribution in [3.05, 3.63) is 11.8 Å².